The second-order valence-corrected chi connectivity index (χ2v) is 2.32. The highest BCUT2D eigenvalue weighted by Crippen LogP contribution is 2.11. The van der Waals surface area contributed by atoms with E-state index < -0.39 is 13.4 Å². The summed E-state index contributed by atoms with van der Waals surface area (Å²) in [7, 11) is 0. The molecule has 0 amide bonds. The number of nitrogens with zero attached hydrogens (tertiary/aromatic N) is 1. The van der Waals surface area contributed by atoms with Gasteiger partial charge in [0.05, 0.1) is 9.30 Å². The van der Waals surface area contributed by atoms with Crippen LogP contribution in [0.4, 0.5) is 0 Å². The fourth-order valence-electron chi connectivity index (χ4n) is 0.499. The van der Waals surface area contributed by atoms with E-state index in [4.69, 9.17) is 6.85 Å². The van der Waals surface area contributed by atoms with E-state index in [-0.39, 0.29) is 5.88 Å². The molecule has 10 heavy (non-hydrogen) atoms. The summed E-state index contributed by atoms with van der Waals surface area (Å²) in [6.07, 6.45) is 0. The molecule has 0 atom stereocenters. The Morgan fingerprint density at radius 3 is 3.50 bits per heavy atom. The monoisotopic (exact) mass is 206 g/mol. The molecule has 0 N–H and O–H groups in total. The second-order valence-electron chi connectivity index (χ2n) is 1.50. The van der Waals surface area contributed by atoms with E-state index in [1.54, 1.807) is 12.1 Å². The maximum Gasteiger partial charge on any atom is 0.214 e. The molecule has 2 nitrogen and oxygen atoms in total. The summed E-state index contributed by atoms with van der Waals surface area (Å²) in [5.74, 6) is -0.0782. The highest BCUT2D eigenvalue weighted by Gasteiger charge is 1.91. The van der Waals surface area contributed by atoms with Crippen LogP contribution in [0.3, 0.4) is 0 Å². The molecule has 1 rings (SSSR count). The molecule has 54 valence electrons. The maximum atomic E-state index is 7.21. The lowest BCUT2D eigenvalue weighted by molar-refractivity contribution is 0.326. The summed E-state index contributed by atoms with van der Waals surface area (Å²) in [5.41, 5.74) is 0. The van der Waals surface area contributed by atoms with E-state index in [9.17, 15) is 0 Å². The molecule has 0 unspecified atom stereocenters. The molecule has 0 saturated carbocycles. The lowest BCUT2D eigenvalue weighted by Crippen LogP contribution is -1.93. The molecular formula is C7H8BrNO. The summed E-state index contributed by atoms with van der Waals surface area (Å²) >= 11 is 3.07. The number of hydrogen-bond donors (Lipinski definition) is 0. The predicted octanol–water partition coefficient (Wildman–Crippen LogP) is 2.24. The Hall–Kier alpha value is -0.570. The van der Waals surface area contributed by atoms with Crippen molar-refractivity contribution < 1.29 is 11.6 Å². The van der Waals surface area contributed by atoms with Gasteiger partial charge in [0.25, 0.3) is 0 Å². The maximum absolute atomic E-state index is 7.21. The molecule has 1 heterocycles. The first kappa shape index (κ1) is 3.22. The second kappa shape index (κ2) is 3.56. The van der Waals surface area contributed by atoms with Crippen LogP contribution in [0.5, 0.6) is 5.88 Å². The number of aromatic nitrogens is 1. The van der Waals surface area contributed by atoms with Crippen LogP contribution in [0.2, 0.25) is 0 Å². The molecule has 1 aromatic heterocycles. The van der Waals surface area contributed by atoms with Crippen LogP contribution in [0.25, 0.3) is 0 Å². The van der Waals surface area contributed by atoms with E-state index in [0.717, 1.165) is 0 Å². The molecule has 0 fully saturated rings. The van der Waals surface area contributed by atoms with E-state index in [1.165, 1.54) is 6.07 Å². The van der Waals surface area contributed by atoms with E-state index in [2.05, 4.69) is 25.7 Å². The number of hydrogen-bond acceptors (Lipinski definition) is 2. The van der Waals surface area contributed by atoms with Crippen molar-refractivity contribution in [1.29, 1.82) is 0 Å². The molecule has 3 heteroatoms. The van der Waals surface area contributed by atoms with Crippen molar-refractivity contribution in [2.75, 3.05) is 6.56 Å². The van der Waals surface area contributed by atoms with Gasteiger partial charge in [-0.15, -0.1) is 0 Å². The number of halogens is 1. The minimum atomic E-state index is -2.85. The first-order valence-electron chi connectivity index (χ1n) is 5.04. The standard InChI is InChI=1S/C7H8BrNO/c1-2-10-7-5-3-4-6(8)9-7/h3-5H,2H2,1H3/i1D3,2D2. The lowest BCUT2D eigenvalue weighted by Gasteiger charge is -1.99. The van der Waals surface area contributed by atoms with Crippen LogP contribution < -0.4 is 4.74 Å². The average molecular weight is 207 g/mol. The molecule has 0 aliphatic rings. The Labute approximate surface area is 75.4 Å². The van der Waals surface area contributed by atoms with Crippen LogP contribution in [0.1, 0.15) is 13.7 Å². The van der Waals surface area contributed by atoms with Crippen LogP contribution >= 0.6 is 15.9 Å². The third kappa shape index (κ3) is 1.99. The Morgan fingerprint density at radius 1 is 1.90 bits per heavy atom. The summed E-state index contributed by atoms with van der Waals surface area (Å²) in [5, 5.41) is 0. The fraction of sp³-hybridized carbons (Fsp3) is 0.286. The topological polar surface area (TPSA) is 22.1 Å². The third-order valence-electron chi connectivity index (χ3n) is 0.845. The summed E-state index contributed by atoms with van der Waals surface area (Å²) < 4.78 is 40.3. The Kier molecular flexibility index (Phi) is 1.15. The van der Waals surface area contributed by atoms with Gasteiger partial charge in [-0.25, -0.2) is 4.98 Å². The minimum Gasteiger partial charge on any atom is -0.478 e. The van der Waals surface area contributed by atoms with Crippen molar-refractivity contribution in [3.05, 3.63) is 22.8 Å². The van der Waals surface area contributed by atoms with Gasteiger partial charge in [-0.3, -0.25) is 0 Å². The Morgan fingerprint density at radius 2 is 2.80 bits per heavy atom. The molecular weight excluding hydrogens is 194 g/mol. The van der Waals surface area contributed by atoms with E-state index in [1.807, 2.05) is 0 Å². The first-order valence-corrected chi connectivity index (χ1v) is 3.33. The summed E-state index contributed by atoms with van der Waals surface area (Å²) in [6, 6.07) is 4.58. The van der Waals surface area contributed by atoms with Gasteiger partial charge in [0.2, 0.25) is 5.88 Å². The first-order chi connectivity index (χ1) is 6.72. The number of ether oxygens (including phenoxy) is 1. The van der Waals surface area contributed by atoms with Gasteiger partial charge in [-0.2, -0.15) is 0 Å². The summed E-state index contributed by atoms with van der Waals surface area (Å²) in [4.78, 5) is 3.78. The third-order valence-corrected chi connectivity index (χ3v) is 1.29. The van der Waals surface area contributed by atoms with Gasteiger partial charge >= 0.3 is 0 Å². The van der Waals surface area contributed by atoms with Crippen LogP contribution in [-0.4, -0.2) is 11.5 Å². The molecule has 0 aliphatic heterocycles. The van der Waals surface area contributed by atoms with Gasteiger partial charge in [0.1, 0.15) is 4.60 Å². The van der Waals surface area contributed by atoms with Crippen molar-refractivity contribution in [2.24, 2.45) is 0 Å². The van der Waals surface area contributed by atoms with Crippen molar-refractivity contribution in [2.45, 2.75) is 6.85 Å². The van der Waals surface area contributed by atoms with Gasteiger partial charge in [0.15, 0.2) is 0 Å². The van der Waals surface area contributed by atoms with E-state index in [0.29, 0.717) is 4.60 Å². The lowest BCUT2D eigenvalue weighted by atomic mass is 10.5. The average Bonchev–Trinajstić information content (AvgIpc) is 2.00. The normalized spacial score (nSPS) is 19.5. The Balaban J connectivity index is 2.87. The zero-order valence-corrected chi connectivity index (χ0v) is 6.55. The molecule has 1 aromatic rings. The van der Waals surface area contributed by atoms with Crippen molar-refractivity contribution in [3.8, 4) is 5.88 Å². The molecule has 0 saturated heterocycles. The van der Waals surface area contributed by atoms with Crippen LogP contribution in [0, 0.1) is 0 Å². The van der Waals surface area contributed by atoms with Gasteiger partial charge in [-0.1, -0.05) is 6.07 Å². The SMILES string of the molecule is [2H]C([2H])([2H])C([2H])([2H])Oc1cccc(Br)n1. The molecule has 0 aliphatic carbocycles. The van der Waals surface area contributed by atoms with Crippen LogP contribution in [-0.2, 0) is 0 Å². The van der Waals surface area contributed by atoms with Crippen LogP contribution in [0.15, 0.2) is 22.8 Å². The predicted molar refractivity (Wildman–Crippen MR) is 43.1 cm³/mol. The molecule has 0 spiro atoms. The van der Waals surface area contributed by atoms with Gasteiger partial charge in [-0.05, 0) is 28.8 Å². The number of rotatable bonds is 2. The largest absolute Gasteiger partial charge is 0.478 e. The van der Waals surface area contributed by atoms with E-state index >= 15 is 0 Å². The number of pyridine rings is 1. The zero-order valence-electron chi connectivity index (χ0n) is 9.97. The zero-order chi connectivity index (χ0) is 11.7. The molecule has 0 radical (unpaired) electrons. The van der Waals surface area contributed by atoms with Gasteiger partial charge < -0.3 is 4.74 Å². The van der Waals surface area contributed by atoms with Crippen molar-refractivity contribution >= 4 is 15.9 Å². The fourth-order valence-corrected chi connectivity index (χ4v) is 0.826. The quantitative estimate of drug-likeness (QED) is 0.694. The minimum absolute atomic E-state index is 0.0782. The van der Waals surface area contributed by atoms with Gasteiger partial charge in [0, 0.05) is 10.2 Å². The van der Waals surface area contributed by atoms with Crippen molar-refractivity contribution in [3.63, 3.8) is 0 Å². The highest BCUT2D eigenvalue weighted by molar-refractivity contribution is 9.10. The molecule has 0 aromatic carbocycles. The highest BCUT2D eigenvalue weighted by atomic mass is 79.9. The smallest absolute Gasteiger partial charge is 0.214 e. The Bertz CT molecular complexity index is 353. The summed E-state index contributed by atoms with van der Waals surface area (Å²) in [6.45, 7) is -5.60. The molecule has 0 bridgehead atoms. The van der Waals surface area contributed by atoms with Crippen molar-refractivity contribution in [1.82, 2.24) is 4.98 Å².